The molecule has 0 spiro atoms. The van der Waals surface area contributed by atoms with Gasteiger partial charge in [0.1, 0.15) is 0 Å². The van der Waals surface area contributed by atoms with E-state index in [1.165, 1.54) is 77.0 Å². The molecule has 0 radical (unpaired) electrons. The molecule has 0 aromatic rings. The van der Waals surface area contributed by atoms with Crippen LogP contribution in [0.2, 0.25) is 0 Å². The first-order valence-electron chi connectivity index (χ1n) is 9.27. The van der Waals surface area contributed by atoms with Gasteiger partial charge in [0.25, 0.3) is 5.08 Å². The van der Waals surface area contributed by atoms with Gasteiger partial charge in [-0.25, -0.2) is 0 Å². The fourth-order valence-electron chi connectivity index (χ4n) is 2.86. The Balaban J connectivity index is 0.000000477. The van der Waals surface area contributed by atoms with Crippen molar-refractivity contribution >= 4 is 15.2 Å². The van der Waals surface area contributed by atoms with Gasteiger partial charge in [-0.15, -0.1) is 0 Å². The quantitative estimate of drug-likeness (QED) is 0.286. The molecule has 0 bridgehead atoms. The molecule has 25 heavy (non-hydrogen) atoms. The van der Waals surface area contributed by atoms with Crippen LogP contribution in [-0.2, 0) is 9.13 Å². The Morgan fingerprint density at radius 3 is 1.68 bits per heavy atom. The molecular formula is C16H36O7P2. The first kappa shape index (κ1) is 25.3. The van der Waals surface area contributed by atoms with Gasteiger partial charge in [0.2, 0.25) is 0 Å². The first-order valence-corrected chi connectivity index (χ1v) is 12.5. The second-order valence-corrected chi connectivity index (χ2v) is 11.4. The molecule has 1 aliphatic rings. The molecule has 0 saturated heterocycles. The summed E-state index contributed by atoms with van der Waals surface area (Å²) in [7, 11) is -10.4. The third-order valence-electron chi connectivity index (χ3n) is 4.79. The molecule has 0 aliphatic heterocycles. The summed E-state index contributed by atoms with van der Waals surface area (Å²) >= 11 is 0. The molecule has 0 aromatic carbocycles. The number of hydrogen-bond donors (Lipinski definition) is 5. The average molecular weight is 402 g/mol. The number of unbranched alkanes of at least 4 members (excludes halogenated alkanes) is 5. The lowest BCUT2D eigenvalue weighted by molar-refractivity contribution is 0.146. The van der Waals surface area contributed by atoms with Gasteiger partial charge in [-0.3, -0.25) is 9.13 Å². The van der Waals surface area contributed by atoms with Crippen LogP contribution in [0.15, 0.2) is 0 Å². The van der Waals surface area contributed by atoms with Crippen molar-refractivity contribution in [3.8, 4) is 0 Å². The zero-order valence-corrected chi connectivity index (χ0v) is 17.3. The van der Waals surface area contributed by atoms with Crippen LogP contribution >= 0.6 is 15.2 Å². The maximum absolute atomic E-state index is 10.3. The highest BCUT2D eigenvalue weighted by Gasteiger charge is 2.55. The summed E-state index contributed by atoms with van der Waals surface area (Å²) in [5, 5.41) is 5.37. The molecule has 0 amide bonds. The second kappa shape index (κ2) is 11.9. The smallest absolute Gasteiger partial charge is 0.368 e. The van der Waals surface area contributed by atoms with E-state index in [1.54, 1.807) is 0 Å². The van der Waals surface area contributed by atoms with E-state index >= 15 is 0 Å². The molecule has 1 fully saturated rings. The molecule has 7 nitrogen and oxygen atoms in total. The predicted molar refractivity (Wildman–Crippen MR) is 99.3 cm³/mol. The van der Waals surface area contributed by atoms with Gasteiger partial charge in [-0.1, -0.05) is 84.0 Å². The van der Waals surface area contributed by atoms with Crippen molar-refractivity contribution < 1.29 is 33.8 Å². The minimum atomic E-state index is -5.20. The topological polar surface area (TPSA) is 135 Å². The maximum Gasteiger partial charge on any atom is 0.369 e. The summed E-state index contributed by atoms with van der Waals surface area (Å²) < 4.78 is 20.5. The lowest BCUT2D eigenvalue weighted by Gasteiger charge is -2.24. The molecule has 1 aliphatic carbocycles. The fourth-order valence-corrected chi connectivity index (χ4v) is 4.22. The standard InChI is InChI=1S/C14H28.C2H8O7P2/c1-2-3-4-5-6-8-11-14-12-9-7-10-13-14;1-2(3,10(4,5)6)11(7,8)9/h14H,2-13H2,1H3;3H,1H3,(H2,4,5,6)(H2,7,8,9). The van der Waals surface area contributed by atoms with Crippen LogP contribution in [0.1, 0.15) is 90.9 Å². The van der Waals surface area contributed by atoms with E-state index in [4.69, 9.17) is 24.7 Å². The lowest BCUT2D eigenvalue weighted by atomic mass is 9.85. The Kier molecular flexibility index (Phi) is 12.0. The van der Waals surface area contributed by atoms with Crippen LogP contribution in [0.4, 0.5) is 0 Å². The fraction of sp³-hybridized carbons (Fsp3) is 1.00. The minimum absolute atomic E-state index is 0.383. The SMILES string of the molecule is CC(O)(P(=O)(O)O)P(=O)(O)O.CCCCCCCCC1CCCCC1. The first-order chi connectivity index (χ1) is 11.4. The Morgan fingerprint density at radius 1 is 0.840 bits per heavy atom. The summed E-state index contributed by atoms with van der Waals surface area (Å²) in [6.07, 6.45) is 17.9. The predicted octanol–water partition coefficient (Wildman–Crippen LogP) is 4.33. The molecule has 1 rings (SSSR count). The van der Waals surface area contributed by atoms with Gasteiger partial charge in [0.05, 0.1) is 0 Å². The third-order valence-corrected chi connectivity index (χ3v) is 8.56. The molecule has 0 aromatic heterocycles. The zero-order valence-electron chi connectivity index (χ0n) is 15.5. The molecule has 0 heterocycles. The van der Waals surface area contributed by atoms with Crippen molar-refractivity contribution in [3.05, 3.63) is 0 Å². The molecule has 9 heteroatoms. The van der Waals surface area contributed by atoms with Gasteiger partial charge < -0.3 is 24.7 Å². The van der Waals surface area contributed by atoms with E-state index in [2.05, 4.69) is 6.92 Å². The van der Waals surface area contributed by atoms with Crippen molar-refractivity contribution in [2.45, 2.75) is 96.0 Å². The lowest BCUT2D eigenvalue weighted by Crippen LogP contribution is -2.23. The highest BCUT2D eigenvalue weighted by atomic mass is 31.2. The molecule has 5 N–H and O–H groups in total. The van der Waals surface area contributed by atoms with Gasteiger partial charge in [0.15, 0.2) is 0 Å². The van der Waals surface area contributed by atoms with E-state index in [-0.39, 0.29) is 0 Å². The van der Waals surface area contributed by atoms with Crippen LogP contribution in [0.3, 0.4) is 0 Å². The highest BCUT2D eigenvalue weighted by molar-refractivity contribution is 7.71. The van der Waals surface area contributed by atoms with E-state index in [0.717, 1.165) is 5.92 Å². The molecular weight excluding hydrogens is 366 g/mol. The number of aliphatic hydroxyl groups is 1. The molecule has 152 valence electrons. The van der Waals surface area contributed by atoms with Crippen LogP contribution in [0.5, 0.6) is 0 Å². The second-order valence-electron chi connectivity index (χ2n) is 7.12. The van der Waals surface area contributed by atoms with Crippen molar-refractivity contribution in [2.24, 2.45) is 5.92 Å². The summed E-state index contributed by atoms with van der Waals surface area (Å²) in [5.41, 5.74) is 0. The van der Waals surface area contributed by atoms with Crippen molar-refractivity contribution in [3.63, 3.8) is 0 Å². The summed E-state index contributed by atoms with van der Waals surface area (Å²) in [6, 6.07) is 0. The van der Waals surface area contributed by atoms with Gasteiger partial charge in [-0.2, -0.15) is 0 Å². The van der Waals surface area contributed by atoms with Crippen molar-refractivity contribution in [1.29, 1.82) is 0 Å². The van der Waals surface area contributed by atoms with Crippen LogP contribution < -0.4 is 0 Å². The van der Waals surface area contributed by atoms with Crippen LogP contribution in [0, 0.1) is 5.92 Å². The zero-order chi connectivity index (χ0) is 19.6. The van der Waals surface area contributed by atoms with Gasteiger partial charge >= 0.3 is 15.2 Å². The summed E-state index contributed by atoms with van der Waals surface area (Å²) in [4.78, 5) is 33.0. The van der Waals surface area contributed by atoms with Crippen molar-refractivity contribution in [2.75, 3.05) is 0 Å². The average Bonchev–Trinajstić information content (AvgIpc) is 2.50. The van der Waals surface area contributed by atoms with Crippen LogP contribution in [-0.4, -0.2) is 29.8 Å². The Hall–Kier alpha value is 0.260. The minimum Gasteiger partial charge on any atom is -0.368 e. The summed E-state index contributed by atoms with van der Waals surface area (Å²) in [5.74, 6) is 1.11. The monoisotopic (exact) mass is 402 g/mol. The normalized spacial score (nSPS) is 17.1. The van der Waals surface area contributed by atoms with E-state index < -0.39 is 20.3 Å². The van der Waals surface area contributed by atoms with E-state index in [9.17, 15) is 9.13 Å². The van der Waals surface area contributed by atoms with E-state index in [0.29, 0.717) is 6.92 Å². The summed E-state index contributed by atoms with van der Waals surface area (Å²) in [6.45, 7) is 2.68. The Labute approximate surface area is 151 Å². The number of rotatable bonds is 9. The maximum atomic E-state index is 10.3. The highest BCUT2D eigenvalue weighted by Crippen LogP contribution is 2.66. The third kappa shape index (κ3) is 10.2. The molecule has 1 saturated carbocycles. The Morgan fingerprint density at radius 2 is 1.28 bits per heavy atom. The molecule has 0 atom stereocenters. The van der Waals surface area contributed by atoms with E-state index in [1.807, 2.05) is 0 Å². The largest absolute Gasteiger partial charge is 0.369 e. The van der Waals surface area contributed by atoms with Gasteiger partial charge in [-0.05, 0) is 12.8 Å². The van der Waals surface area contributed by atoms with Crippen LogP contribution in [0.25, 0.3) is 0 Å². The Bertz CT molecular complexity index is 412. The van der Waals surface area contributed by atoms with Crippen molar-refractivity contribution in [1.82, 2.24) is 0 Å². The van der Waals surface area contributed by atoms with Gasteiger partial charge in [0, 0.05) is 0 Å². The number of hydrogen-bond acceptors (Lipinski definition) is 3. The molecule has 0 unspecified atom stereocenters.